The topological polar surface area (TPSA) is 29.5 Å². The molecule has 0 N–H and O–H groups in total. The van der Waals surface area contributed by atoms with Crippen LogP contribution in [0.1, 0.15) is 67.7 Å². The standard InChI is InChI=1S/C12H21NO2.2C2H6/c1-12(2,3)15-11(14)13-7-9-5-4-6-10(9)8-13;2*1-2/h9-10H,4-8H2,1-3H3;2*1-2H3. The molecule has 3 heteroatoms. The molecule has 0 spiro atoms. The molecule has 1 heterocycles. The van der Waals surface area contributed by atoms with Crippen LogP contribution in [0, 0.1) is 11.8 Å². The van der Waals surface area contributed by atoms with Crippen LogP contribution in [0.4, 0.5) is 4.79 Å². The highest BCUT2D eigenvalue weighted by Crippen LogP contribution is 2.38. The van der Waals surface area contributed by atoms with Gasteiger partial charge in [0.25, 0.3) is 0 Å². The van der Waals surface area contributed by atoms with Crippen molar-refractivity contribution in [1.82, 2.24) is 4.90 Å². The molecule has 2 aliphatic rings. The molecule has 1 saturated heterocycles. The molecule has 2 rings (SSSR count). The van der Waals surface area contributed by atoms with Crippen LogP contribution in [0.15, 0.2) is 0 Å². The fourth-order valence-electron chi connectivity index (χ4n) is 2.71. The molecular formula is C16H33NO2. The second kappa shape index (κ2) is 8.44. The molecule has 2 fully saturated rings. The Morgan fingerprint density at radius 3 is 1.79 bits per heavy atom. The van der Waals surface area contributed by atoms with Gasteiger partial charge in [0.15, 0.2) is 0 Å². The van der Waals surface area contributed by atoms with E-state index in [-0.39, 0.29) is 11.7 Å². The molecule has 1 saturated carbocycles. The highest BCUT2D eigenvalue weighted by molar-refractivity contribution is 5.68. The Morgan fingerprint density at radius 2 is 1.42 bits per heavy atom. The molecule has 0 radical (unpaired) electrons. The predicted molar refractivity (Wildman–Crippen MR) is 81.3 cm³/mol. The summed E-state index contributed by atoms with van der Waals surface area (Å²) in [5.74, 6) is 1.50. The number of fused-ring (bicyclic) bond motifs is 1. The molecule has 0 aromatic rings. The third-order valence-corrected chi connectivity index (χ3v) is 3.38. The molecule has 1 aliphatic carbocycles. The van der Waals surface area contributed by atoms with E-state index < -0.39 is 0 Å². The first-order valence-corrected chi connectivity index (χ1v) is 7.93. The van der Waals surface area contributed by atoms with Crippen LogP contribution < -0.4 is 0 Å². The van der Waals surface area contributed by atoms with E-state index in [2.05, 4.69) is 0 Å². The lowest BCUT2D eigenvalue weighted by Gasteiger charge is -2.24. The quantitative estimate of drug-likeness (QED) is 0.639. The maximum absolute atomic E-state index is 11.8. The lowest BCUT2D eigenvalue weighted by molar-refractivity contribution is 0.0280. The zero-order valence-electron chi connectivity index (χ0n) is 14.0. The molecule has 2 unspecified atom stereocenters. The van der Waals surface area contributed by atoms with E-state index in [1.54, 1.807) is 0 Å². The smallest absolute Gasteiger partial charge is 0.410 e. The normalized spacial score (nSPS) is 24.7. The number of nitrogens with zero attached hydrogens (tertiary/aromatic N) is 1. The molecule has 0 bridgehead atoms. The van der Waals surface area contributed by atoms with Crippen molar-refractivity contribution in [3.63, 3.8) is 0 Å². The van der Waals surface area contributed by atoms with Gasteiger partial charge in [0.1, 0.15) is 5.60 Å². The van der Waals surface area contributed by atoms with Gasteiger partial charge in [-0.1, -0.05) is 34.1 Å². The number of carbonyl (C=O) groups excluding carboxylic acids is 1. The van der Waals surface area contributed by atoms with Gasteiger partial charge in [-0.25, -0.2) is 4.79 Å². The Kier molecular flexibility index (Phi) is 8.12. The SMILES string of the molecule is CC.CC.CC(C)(C)OC(=O)N1CC2CCCC2C1. The average molecular weight is 271 g/mol. The number of likely N-dealkylation sites (tertiary alicyclic amines) is 1. The molecule has 3 nitrogen and oxygen atoms in total. The van der Waals surface area contributed by atoms with Crippen LogP contribution in [0.2, 0.25) is 0 Å². The Bertz CT molecular complexity index is 246. The van der Waals surface area contributed by atoms with Gasteiger partial charge < -0.3 is 9.64 Å². The molecule has 1 amide bonds. The van der Waals surface area contributed by atoms with Crippen molar-refractivity contribution in [2.45, 2.75) is 73.3 Å². The Morgan fingerprint density at radius 1 is 1.00 bits per heavy atom. The van der Waals surface area contributed by atoms with Gasteiger partial charge in [-0.3, -0.25) is 0 Å². The van der Waals surface area contributed by atoms with Crippen LogP contribution in [0.3, 0.4) is 0 Å². The van der Waals surface area contributed by atoms with E-state index in [4.69, 9.17) is 4.74 Å². The van der Waals surface area contributed by atoms with Crippen molar-refractivity contribution in [3.8, 4) is 0 Å². The minimum Gasteiger partial charge on any atom is -0.444 e. The predicted octanol–water partition coefficient (Wildman–Crippen LogP) is 4.71. The van der Waals surface area contributed by atoms with Crippen LogP contribution in [0.5, 0.6) is 0 Å². The molecule has 2 atom stereocenters. The second-order valence-corrected chi connectivity index (χ2v) is 5.84. The summed E-state index contributed by atoms with van der Waals surface area (Å²) in [6.45, 7) is 15.6. The van der Waals surface area contributed by atoms with E-state index >= 15 is 0 Å². The van der Waals surface area contributed by atoms with Gasteiger partial charge >= 0.3 is 6.09 Å². The Labute approximate surface area is 119 Å². The first-order valence-electron chi connectivity index (χ1n) is 7.93. The number of hydrogen-bond acceptors (Lipinski definition) is 2. The molecule has 0 aromatic carbocycles. The monoisotopic (exact) mass is 271 g/mol. The zero-order chi connectivity index (χ0) is 15.1. The summed E-state index contributed by atoms with van der Waals surface area (Å²) < 4.78 is 5.37. The summed E-state index contributed by atoms with van der Waals surface area (Å²) in [5, 5.41) is 0. The largest absolute Gasteiger partial charge is 0.444 e. The maximum Gasteiger partial charge on any atom is 0.410 e. The van der Waals surface area contributed by atoms with Crippen LogP contribution >= 0.6 is 0 Å². The summed E-state index contributed by atoms with van der Waals surface area (Å²) in [6.07, 6.45) is 3.81. The van der Waals surface area contributed by atoms with E-state index in [0.29, 0.717) is 0 Å². The number of hydrogen-bond donors (Lipinski definition) is 0. The average Bonchev–Trinajstić information content (AvgIpc) is 2.92. The van der Waals surface area contributed by atoms with Crippen molar-refractivity contribution >= 4 is 6.09 Å². The lowest BCUT2D eigenvalue weighted by atomic mass is 10.0. The van der Waals surface area contributed by atoms with Crippen LogP contribution in [0.25, 0.3) is 0 Å². The second-order valence-electron chi connectivity index (χ2n) is 5.84. The highest BCUT2D eigenvalue weighted by atomic mass is 16.6. The number of rotatable bonds is 0. The first-order chi connectivity index (χ1) is 8.96. The minimum atomic E-state index is -0.366. The van der Waals surface area contributed by atoms with Gasteiger partial charge in [-0.15, -0.1) is 0 Å². The lowest BCUT2D eigenvalue weighted by Crippen LogP contribution is -2.35. The Balaban J connectivity index is 0.000000741. The van der Waals surface area contributed by atoms with E-state index in [1.165, 1.54) is 19.3 Å². The van der Waals surface area contributed by atoms with Crippen molar-refractivity contribution in [3.05, 3.63) is 0 Å². The maximum atomic E-state index is 11.8. The molecule has 19 heavy (non-hydrogen) atoms. The van der Waals surface area contributed by atoms with Gasteiger partial charge in [0, 0.05) is 13.1 Å². The van der Waals surface area contributed by atoms with E-state index in [9.17, 15) is 4.79 Å². The van der Waals surface area contributed by atoms with Gasteiger partial charge in [-0.2, -0.15) is 0 Å². The summed E-state index contributed by atoms with van der Waals surface area (Å²) in [5.41, 5.74) is -0.366. The van der Waals surface area contributed by atoms with Gasteiger partial charge in [0.2, 0.25) is 0 Å². The third-order valence-electron chi connectivity index (χ3n) is 3.38. The highest BCUT2D eigenvalue weighted by Gasteiger charge is 2.39. The van der Waals surface area contributed by atoms with Crippen molar-refractivity contribution in [2.75, 3.05) is 13.1 Å². The summed E-state index contributed by atoms with van der Waals surface area (Å²) in [4.78, 5) is 13.7. The zero-order valence-corrected chi connectivity index (χ0v) is 14.0. The first kappa shape index (κ1) is 18.3. The minimum absolute atomic E-state index is 0.128. The fourth-order valence-corrected chi connectivity index (χ4v) is 2.71. The van der Waals surface area contributed by atoms with Gasteiger partial charge in [-0.05, 0) is 45.4 Å². The van der Waals surface area contributed by atoms with E-state index in [0.717, 1.165) is 24.9 Å². The summed E-state index contributed by atoms with van der Waals surface area (Å²) in [6, 6.07) is 0. The van der Waals surface area contributed by atoms with Gasteiger partial charge in [0.05, 0.1) is 0 Å². The molecule has 114 valence electrons. The summed E-state index contributed by atoms with van der Waals surface area (Å²) in [7, 11) is 0. The van der Waals surface area contributed by atoms with E-state index in [1.807, 2.05) is 53.4 Å². The summed E-state index contributed by atoms with van der Waals surface area (Å²) >= 11 is 0. The third kappa shape index (κ3) is 5.84. The van der Waals surface area contributed by atoms with Crippen molar-refractivity contribution < 1.29 is 9.53 Å². The van der Waals surface area contributed by atoms with Crippen molar-refractivity contribution in [1.29, 1.82) is 0 Å². The molecule has 1 aliphatic heterocycles. The molecule has 0 aromatic heterocycles. The van der Waals surface area contributed by atoms with Crippen molar-refractivity contribution in [2.24, 2.45) is 11.8 Å². The van der Waals surface area contributed by atoms with Crippen LogP contribution in [-0.2, 0) is 4.74 Å². The van der Waals surface area contributed by atoms with Crippen LogP contribution in [-0.4, -0.2) is 29.7 Å². The number of carbonyl (C=O) groups is 1. The fraction of sp³-hybridized carbons (Fsp3) is 0.938. The Hall–Kier alpha value is -0.730. The molecular weight excluding hydrogens is 238 g/mol. The number of amides is 1. The number of ether oxygens (including phenoxy) is 1.